The van der Waals surface area contributed by atoms with E-state index in [2.05, 4.69) is 5.32 Å². The van der Waals surface area contributed by atoms with Crippen LogP contribution >= 0.6 is 0 Å². The van der Waals surface area contributed by atoms with E-state index in [9.17, 15) is 19.8 Å². The molecule has 0 heterocycles. The number of nitrogens with one attached hydrogen (secondary N) is 1. The molecular weight excluding hydrogens is 406 g/mol. The fraction of sp³-hybridized carbons (Fsp3) is 0.692. The number of ether oxygens (including phenoxy) is 1. The van der Waals surface area contributed by atoms with Crippen LogP contribution in [0.1, 0.15) is 70.4 Å². The van der Waals surface area contributed by atoms with Gasteiger partial charge in [0.05, 0.1) is 29.6 Å². The molecule has 2 atom stereocenters. The first-order valence-electron chi connectivity index (χ1n) is 11.8. The van der Waals surface area contributed by atoms with E-state index >= 15 is 0 Å². The Morgan fingerprint density at radius 1 is 1.12 bits per heavy atom. The maximum absolute atomic E-state index is 13.7. The van der Waals surface area contributed by atoms with Gasteiger partial charge in [0.1, 0.15) is 0 Å². The van der Waals surface area contributed by atoms with Crippen molar-refractivity contribution < 1.29 is 24.5 Å². The summed E-state index contributed by atoms with van der Waals surface area (Å²) in [4.78, 5) is 25.9. The minimum Gasteiger partial charge on any atom is -0.481 e. The van der Waals surface area contributed by atoms with Gasteiger partial charge in [0.15, 0.2) is 0 Å². The van der Waals surface area contributed by atoms with Gasteiger partial charge in [0.25, 0.3) is 0 Å². The third-order valence-electron chi connectivity index (χ3n) is 7.64. The number of carboxylic acids is 1. The summed E-state index contributed by atoms with van der Waals surface area (Å²) in [5.74, 6) is -1.64. The molecule has 3 rings (SSSR count). The van der Waals surface area contributed by atoms with E-state index in [1.165, 1.54) is 0 Å². The normalized spacial score (nSPS) is 21.0. The summed E-state index contributed by atoms with van der Waals surface area (Å²) in [5, 5.41) is 23.5. The number of aliphatic carboxylic acids is 1. The number of carboxylic acid groups (broad SMARTS) is 1. The van der Waals surface area contributed by atoms with Gasteiger partial charge in [-0.1, -0.05) is 57.9 Å². The molecule has 1 amide bonds. The molecular formula is C26H39NO5. The maximum atomic E-state index is 13.7. The number of aliphatic hydroxyl groups is 1. The number of methoxy groups -OCH3 is 1. The number of benzene rings is 1. The van der Waals surface area contributed by atoms with E-state index in [0.29, 0.717) is 38.5 Å². The molecule has 32 heavy (non-hydrogen) atoms. The van der Waals surface area contributed by atoms with Crippen molar-refractivity contribution in [3.63, 3.8) is 0 Å². The molecule has 6 nitrogen and oxygen atoms in total. The molecule has 1 aromatic rings. The molecule has 1 aromatic carbocycles. The highest BCUT2D eigenvalue weighted by atomic mass is 16.5. The first-order chi connectivity index (χ1) is 15.0. The predicted octanol–water partition coefficient (Wildman–Crippen LogP) is 3.74. The Balaban J connectivity index is 1.79. The molecule has 0 aliphatic heterocycles. The summed E-state index contributed by atoms with van der Waals surface area (Å²) in [6.45, 7) is 5.99. The van der Waals surface area contributed by atoms with Gasteiger partial charge in [0, 0.05) is 7.11 Å². The minimum absolute atomic E-state index is 0.104. The van der Waals surface area contributed by atoms with E-state index in [1.54, 1.807) is 7.11 Å². The topological polar surface area (TPSA) is 95.9 Å². The first kappa shape index (κ1) is 24.7. The van der Waals surface area contributed by atoms with Crippen molar-refractivity contribution in [2.75, 3.05) is 13.7 Å². The fourth-order valence-electron chi connectivity index (χ4n) is 5.69. The zero-order chi connectivity index (χ0) is 23.6. The Morgan fingerprint density at radius 2 is 1.69 bits per heavy atom. The molecule has 2 aliphatic rings. The van der Waals surface area contributed by atoms with Gasteiger partial charge < -0.3 is 20.3 Å². The molecule has 0 radical (unpaired) electrons. The van der Waals surface area contributed by atoms with E-state index in [0.717, 1.165) is 24.0 Å². The monoisotopic (exact) mass is 445 g/mol. The van der Waals surface area contributed by atoms with E-state index < -0.39 is 22.8 Å². The molecule has 0 spiro atoms. The highest BCUT2D eigenvalue weighted by molar-refractivity contribution is 5.85. The zero-order valence-electron chi connectivity index (χ0n) is 19.9. The Hall–Kier alpha value is -1.92. The average Bonchev–Trinajstić information content (AvgIpc) is 3.35. The second kappa shape index (κ2) is 9.52. The lowest BCUT2D eigenvalue weighted by Gasteiger charge is -2.38. The molecule has 6 heteroatoms. The smallest absolute Gasteiger partial charge is 0.306 e. The van der Waals surface area contributed by atoms with Crippen LogP contribution in [0.3, 0.4) is 0 Å². The van der Waals surface area contributed by atoms with Gasteiger partial charge in [-0.2, -0.15) is 0 Å². The number of carbonyl (C=O) groups excluding carboxylic acids is 1. The van der Waals surface area contributed by atoms with Gasteiger partial charge in [-0.3, -0.25) is 9.59 Å². The molecule has 0 aromatic heterocycles. The van der Waals surface area contributed by atoms with Crippen molar-refractivity contribution in [2.45, 2.75) is 83.8 Å². The summed E-state index contributed by atoms with van der Waals surface area (Å²) < 4.78 is 5.63. The summed E-state index contributed by atoms with van der Waals surface area (Å²) in [6, 6.07) is 8.04. The van der Waals surface area contributed by atoms with Crippen LogP contribution in [0.5, 0.6) is 0 Å². The lowest BCUT2D eigenvalue weighted by molar-refractivity contribution is -0.147. The summed E-state index contributed by atoms with van der Waals surface area (Å²) in [7, 11) is 1.62. The molecule has 3 N–H and O–H groups in total. The summed E-state index contributed by atoms with van der Waals surface area (Å²) >= 11 is 0. The van der Waals surface area contributed by atoms with Crippen molar-refractivity contribution in [3.8, 4) is 0 Å². The van der Waals surface area contributed by atoms with Gasteiger partial charge in [-0.05, 0) is 55.1 Å². The Labute approximate surface area is 191 Å². The quantitative estimate of drug-likeness (QED) is 0.538. The van der Waals surface area contributed by atoms with Crippen LogP contribution in [0, 0.1) is 16.7 Å². The fourth-order valence-corrected chi connectivity index (χ4v) is 5.69. The lowest BCUT2D eigenvalue weighted by atomic mass is 9.73. The van der Waals surface area contributed by atoms with Crippen molar-refractivity contribution in [3.05, 3.63) is 35.4 Å². The SMILES string of the molecule is COC(CC(CC1(C(=O)NC2(CO)Cc3ccccc3C2)CCCC1)C(=O)O)C(C)(C)C. The van der Waals surface area contributed by atoms with Crippen molar-refractivity contribution in [2.24, 2.45) is 16.7 Å². The van der Waals surface area contributed by atoms with Crippen LogP contribution < -0.4 is 5.32 Å². The van der Waals surface area contributed by atoms with Crippen molar-refractivity contribution >= 4 is 11.9 Å². The Bertz CT molecular complexity index is 797. The Kier molecular flexibility index (Phi) is 7.35. The minimum atomic E-state index is -0.875. The highest BCUT2D eigenvalue weighted by Crippen LogP contribution is 2.46. The average molecular weight is 446 g/mol. The van der Waals surface area contributed by atoms with Crippen molar-refractivity contribution in [1.82, 2.24) is 5.32 Å². The summed E-state index contributed by atoms with van der Waals surface area (Å²) in [5.41, 5.74) is 0.688. The zero-order valence-corrected chi connectivity index (χ0v) is 19.9. The standard InChI is InChI=1S/C26H39NO5/c1-24(2,3)21(32-4)13-20(22(29)30)14-25(11-7-8-12-25)23(31)27-26(17-28)15-18-9-5-6-10-19(18)16-26/h5-6,9-10,20-21,28H,7-8,11-17H2,1-4H3,(H,27,31)(H,29,30). The molecule has 1 fully saturated rings. The van der Waals surface area contributed by atoms with Gasteiger partial charge in [-0.25, -0.2) is 0 Å². The second-order valence-corrected chi connectivity index (χ2v) is 11.1. The van der Waals surface area contributed by atoms with Gasteiger partial charge in [0.2, 0.25) is 5.91 Å². The van der Waals surface area contributed by atoms with E-state index in [1.807, 2.05) is 45.0 Å². The molecule has 0 saturated heterocycles. The predicted molar refractivity (Wildman–Crippen MR) is 123 cm³/mol. The van der Waals surface area contributed by atoms with E-state index in [-0.39, 0.29) is 24.0 Å². The van der Waals surface area contributed by atoms with Crippen LogP contribution in [0.2, 0.25) is 0 Å². The lowest BCUT2D eigenvalue weighted by Crippen LogP contribution is -2.56. The molecule has 0 bridgehead atoms. The van der Waals surface area contributed by atoms with Crippen LogP contribution in [0.15, 0.2) is 24.3 Å². The second-order valence-electron chi connectivity index (χ2n) is 11.1. The number of aliphatic hydroxyl groups excluding tert-OH is 1. The molecule has 178 valence electrons. The largest absolute Gasteiger partial charge is 0.481 e. The Morgan fingerprint density at radius 3 is 2.12 bits per heavy atom. The number of amides is 1. The number of fused-ring (bicyclic) bond motifs is 1. The number of hydrogen-bond donors (Lipinski definition) is 3. The number of rotatable bonds is 9. The van der Waals surface area contributed by atoms with Crippen molar-refractivity contribution in [1.29, 1.82) is 0 Å². The number of carbonyl (C=O) groups is 2. The highest BCUT2D eigenvalue weighted by Gasteiger charge is 2.48. The molecule has 2 aliphatic carbocycles. The summed E-state index contributed by atoms with van der Waals surface area (Å²) in [6.07, 6.45) is 4.86. The third kappa shape index (κ3) is 5.18. The van der Waals surface area contributed by atoms with Gasteiger partial charge >= 0.3 is 5.97 Å². The van der Waals surface area contributed by atoms with Gasteiger partial charge in [-0.15, -0.1) is 0 Å². The first-order valence-corrected chi connectivity index (χ1v) is 11.8. The maximum Gasteiger partial charge on any atom is 0.306 e. The van der Waals surface area contributed by atoms with Crippen LogP contribution in [0.4, 0.5) is 0 Å². The van der Waals surface area contributed by atoms with Crippen LogP contribution in [0.25, 0.3) is 0 Å². The number of hydrogen-bond acceptors (Lipinski definition) is 4. The molecule has 1 saturated carbocycles. The molecule has 2 unspecified atom stereocenters. The third-order valence-corrected chi connectivity index (χ3v) is 7.64. The van der Waals surface area contributed by atoms with Crippen LogP contribution in [-0.4, -0.2) is 47.4 Å². The van der Waals surface area contributed by atoms with E-state index in [4.69, 9.17) is 4.74 Å². The van der Waals surface area contributed by atoms with Crippen LogP contribution in [-0.2, 0) is 27.2 Å².